The van der Waals surface area contributed by atoms with E-state index < -0.39 is 4.92 Å². The summed E-state index contributed by atoms with van der Waals surface area (Å²) in [6.45, 7) is 1.58. The van der Waals surface area contributed by atoms with Crippen molar-refractivity contribution < 1.29 is 10.0 Å². The van der Waals surface area contributed by atoms with Gasteiger partial charge in [-0.1, -0.05) is 0 Å². The summed E-state index contributed by atoms with van der Waals surface area (Å²) in [6, 6.07) is 3.94. The second kappa shape index (κ2) is 6.59. The summed E-state index contributed by atoms with van der Waals surface area (Å²) in [4.78, 5) is 9.78. The SMILES string of the molecule is Br.Cc1cc(O)ccc1[N+](=O)[O-].[CaH2]. The van der Waals surface area contributed by atoms with Crippen LogP contribution in [0.5, 0.6) is 5.75 Å². The maximum atomic E-state index is 10.3. The second-order valence-corrected chi connectivity index (χ2v) is 2.23. The molecule has 0 saturated heterocycles. The molecule has 1 aromatic carbocycles. The average Bonchev–Trinajstić information content (AvgIpc) is 1.85. The fourth-order valence-corrected chi connectivity index (χ4v) is 0.844. The molecule has 4 nitrogen and oxygen atoms in total. The van der Waals surface area contributed by atoms with Crippen LogP contribution in [0.25, 0.3) is 0 Å². The van der Waals surface area contributed by atoms with Crippen molar-refractivity contribution in [2.75, 3.05) is 0 Å². The van der Waals surface area contributed by atoms with Gasteiger partial charge in [0.05, 0.1) is 4.92 Å². The third kappa shape index (κ3) is 4.26. The van der Waals surface area contributed by atoms with Gasteiger partial charge in [-0.05, 0) is 19.1 Å². The third-order valence-electron chi connectivity index (χ3n) is 1.38. The summed E-state index contributed by atoms with van der Waals surface area (Å²) in [7, 11) is 0. The number of nitrogens with zero attached hydrogens (tertiary/aromatic N) is 1. The number of nitro groups is 1. The molecule has 13 heavy (non-hydrogen) atoms. The monoisotopic (exact) mass is 275 g/mol. The van der Waals surface area contributed by atoms with Gasteiger partial charge in [-0.3, -0.25) is 10.1 Å². The molecule has 0 spiro atoms. The first kappa shape index (κ1) is 15.6. The van der Waals surface area contributed by atoms with Crippen LogP contribution in [0.15, 0.2) is 18.2 Å². The fourth-order valence-electron chi connectivity index (χ4n) is 0.844. The Kier molecular flexibility index (Phi) is 7.92. The molecule has 0 unspecified atom stereocenters. The molecule has 0 aliphatic heterocycles. The molecular weight excluding hydrogens is 266 g/mol. The molecule has 70 valence electrons. The Bertz CT molecular complexity index is 306. The molecule has 0 radical (unpaired) electrons. The van der Waals surface area contributed by atoms with Crippen LogP contribution in [0.2, 0.25) is 0 Å². The molecule has 0 aromatic heterocycles. The molecule has 1 rings (SSSR count). The summed E-state index contributed by atoms with van der Waals surface area (Å²) < 4.78 is 0. The van der Waals surface area contributed by atoms with Crippen LogP contribution in [-0.4, -0.2) is 47.8 Å². The van der Waals surface area contributed by atoms with Crippen molar-refractivity contribution >= 4 is 60.4 Å². The Morgan fingerprint density at radius 1 is 1.46 bits per heavy atom. The van der Waals surface area contributed by atoms with Gasteiger partial charge >= 0.3 is 37.7 Å². The van der Waals surface area contributed by atoms with Crippen molar-refractivity contribution in [1.29, 1.82) is 0 Å². The van der Waals surface area contributed by atoms with Gasteiger partial charge in [-0.2, -0.15) is 0 Å². The van der Waals surface area contributed by atoms with Gasteiger partial charge in [0.15, 0.2) is 0 Å². The zero-order valence-electron chi connectivity index (χ0n) is 6.35. The van der Waals surface area contributed by atoms with Crippen molar-refractivity contribution in [3.05, 3.63) is 33.9 Å². The van der Waals surface area contributed by atoms with Crippen molar-refractivity contribution in [3.63, 3.8) is 0 Å². The number of phenolic OH excluding ortho intramolecular Hbond substituents is 1. The first-order valence-corrected chi connectivity index (χ1v) is 3.05. The van der Waals surface area contributed by atoms with E-state index in [0.717, 1.165) is 0 Å². The Morgan fingerprint density at radius 2 is 2.00 bits per heavy atom. The van der Waals surface area contributed by atoms with Crippen molar-refractivity contribution in [2.24, 2.45) is 0 Å². The predicted octanol–water partition coefficient (Wildman–Crippen LogP) is 1.27. The van der Waals surface area contributed by atoms with E-state index in [2.05, 4.69) is 0 Å². The van der Waals surface area contributed by atoms with E-state index in [1.54, 1.807) is 6.92 Å². The molecule has 0 atom stereocenters. The number of halogens is 1. The molecule has 0 aliphatic carbocycles. The molecule has 0 aliphatic rings. The van der Waals surface area contributed by atoms with E-state index in [9.17, 15) is 10.1 Å². The predicted molar refractivity (Wildman–Crippen MR) is 58.4 cm³/mol. The fraction of sp³-hybridized carbons (Fsp3) is 0.143. The Hall–Kier alpha value is 0.160. The Balaban J connectivity index is 0. The normalized spacial score (nSPS) is 8.08. The molecule has 6 heteroatoms. The van der Waals surface area contributed by atoms with Crippen LogP contribution in [-0.2, 0) is 0 Å². The number of phenols is 1. The molecule has 0 heterocycles. The number of aromatic hydroxyl groups is 1. The first-order chi connectivity index (χ1) is 5.11. The number of nitro benzene ring substituents is 1. The number of hydrogen-bond acceptors (Lipinski definition) is 3. The Morgan fingerprint density at radius 3 is 2.38 bits per heavy atom. The quantitative estimate of drug-likeness (QED) is 0.477. The number of benzene rings is 1. The summed E-state index contributed by atoms with van der Waals surface area (Å²) in [6.07, 6.45) is 0. The van der Waals surface area contributed by atoms with Crippen LogP contribution in [0.3, 0.4) is 0 Å². The third-order valence-corrected chi connectivity index (χ3v) is 1.38. The van der Waals surface area contributed by atoms with Crippen LogP contribution in [0.1, 0.15) is 5.56 Å². The number of hydrogen-bond donors (Lipinski definition) is 1. The zero-order chi connectivity index (χ0) is 8.43. The van der Waals surface area contributed by atoms with E-state index in [1.807, 2.05) is 0 Å². The van der Waals surface area contributed by atoms with Gasteiger partial charge < -0.3 is 5.11 Å². The van der Waals surface area contributed by atoms with Crippen molar-refractivity contribution in [3.8, 4) is 5.75 Å². The van der Waals surface area contributed by atoms with Crippen LogP contribution in [0, 0.1) is 17.0 Å². The molecule has 1 N–H and O–H groups in total. The zero-order valence-corrected chi connectivity index (χ0v) is 8.06. The summed E-state index contributed by atoms with van der Waals surface area (Å²) >= 11 is 0. The van der Waals surface area contributed by atoms with Gasteiger partial charge in [0.2, 0.25) is 0 Å². The topological polar surface area (TPSA) is 63.4 Å². The van der Waals surface area contributed by atoms with Gasteiger partial charge in [0.1, 0.15) is 5.75 Å². The molecular formula is C7H10BrCaNO3. The van der Waals surface area contributed by atoms with E-state index >= 15 is 0 Å². The number of rotatable bonds is 1. The van der Waals surface area contributed by atoms with E-state index in [1.165, 1.54) is 18.2 Å². The molecule has 1 aromatic rings. The standard InChI is InChI=1S/C7H7NO3.BrH.Ca.2H/c1-5-4-6(9)2-3-7(5)8(10)11;;;;/h2-4,9H,1H3;1H;;;. The molecule has 0 amide bonds. The molecule has 0 saturated carbocycles. The maximum absolute atomic E-state index is 10.3. The first-order valence-electron chi connectivity index (χ1n) is 3.05. The van der Waals surface area contributed by atoms with E-state index in [0.29, 0.717) is 5.56 Å². The number of aryl methyl sites for hydroxylation is 1. The van der Waals surface area contributed by atoms with Gasteiger partial charge in [-0.25, -0.2) is 0 Å². The van der Waals surface area contributed by atoms with E-state index in [4.69, 9.17) is 5.11 Å². The minimum absolute atomic E-state index is 0. The van der Waals surface area contributed by atoms with Crippen molar-refractivity contribution in [1.82, 2.24) is 0 Å². The van der Waals surface area contributed by atoms with E-state index in [-0.39, 0.29) is 66.2 Å². The summed E-state index contributed by atoms with van der Waals surface area (Å²) in [5, 5.41) is 19.2. The minimum atomic E-state index is -0.477. The van der Waals surface area contributed by atoms with Crippen LogP contribution < -0.4 is 0 Å². The summed E-state index contributed by atoms with van der Waals surface area (Å²) in [5.41, 5.74) is 0.498. The Labute approximate surface area is 116 Å². The van der Waals surface area contributed by atoms with Gasteiger partial charge in [0, 0.05) is 11.6 Å². The average molecular weight is 276 g/mol. The summed E-state index contributed by atoms with van der Waals surface area (Å²) in [5.74, 6) is 0.0492. The molecule has 0 bridgehead atoms. The second-order valence-electron chi connectivity index (χ2n) is 2.23. The van der Waals surface area contributed by atoms with Crippen molar-refractivity contribution in [2.45, 2.75) is 6.92 Å². The van der Waals surface area contributed by atoms with Crippen LogP contribution in [0.4, 0.5) is 5.69 Å². The molecule has 0 fully saturated rings. The van der Waals surface area contributed by atoms with Crippen LogP contribution >= 0.6 is 17.0 Å². The van der Waals surface area contributed by atoms with Gasteiger partial charge in [-0.15, -0.1) is 17.0 Å². The van der Waals surface area contributed by atoms with Gasteiger partial charge in [0.25, 0.3) is 5.69 Å².